The van der Waals surface area contributed by atoms with Crippen molar-refractivity contribution in [2.75, 3.05) is 0 Å². The SMILES string of the molecule is Cc1cccc2nc(Br)n(C3CC3)c12. The fourth-order valence-electron chi connectivity index (χ4n) is 1.96. The fraction of sp³-hybridized carbons (Fsp3) is 0.364. The molecule has 0 N–H and O–H groups in total. The van der Waals surface area contributed by atoms with E-state index in [0.29, 0.717) is 6.04 Å². The number of hydrogen-bond donors (Lipinski definition) is 0. The molecular weight excluding hydrogens is 240 g/mol. The number of nitrogens with zero attached hydrogens (tertiary/aromatic N) is 2. The van der Waals surface area contributed by atoms with Gasteiger partial charge in [-0.25, -0.2) is 4.98 Å². The van der Waals surface area contributed by atoms with E-state index in [4.69, 9.17) is 0 Å². The third kappa shape index (κ3) is 1.12. The Balaban J connectivity index is 2.39. The van der Waals surface area contributed by atoms with Gasteiger partial charge in [0.1, 0.15) is 0 Å². The molecule has 3 heteroatoms. The van der Waals surface area contributed by atoms with E-state index >= 15 is 0 Å². The Kier molecular flexibility index (Phi) is 1.71. The molecule has 1 aliphatic rings. The fourth-order valence-corrected chi connectivity index (χ4v) is 2.62. The molecule has 0 spiro atoms. The molecule has 1 fully saturated rings. The van der Waals surface area contributed by atoms with Crippen molar-refractivity contribution in [2.24, 2.45) is 0 Å². The molecular formula is C11H11BrN2. The second-order valence-electron chi connectivity index (χ2n) is 3.92. The van der Waals surface area contributed by atoms with Gasteiger partial charge < -0.3 is 4.57 Å². The van der Waals surface area contributed by atoms with E-state index in [1.165, 1.54) is 23.9 Å². The molecule has 0 unspecified atom stereocenters. The lowest BCUT2D eigenvalue weighted by molar-refractivity contribution is 0.743. The number of fused-ring (bicyclic) bond motifs is 1. The maximum absolute atomic E-state index is 4.51. The first-order chi connectivity index (χ1) is 6.77. The van der Waals surface area contributed by atoms with Crippen LogP contribution in [-0.4, -0.2) is 9.55 Å². The Labute approximate surface area is 91.1 Å². The minimum Gasteiger partial charge on any atom is -0.315 e. The molecule has 0 amide bonds. The number of halogens is 1. The Bertz CT molecular complexity index is 497. The smallest absolute Gasteiger partial charge is 0.178 e. The van der Waals surface area contributed by atoms with Crippen molar-refractivity contribution >= 4 is 27.0 Å². The van der Waals surface area contributed by atoms with Crippen molar-refractivity contribution in [3.8, 4) is 0 Å². The molecule has 2 aromatic rings. The van der Waals surface area contributed by atoms with Gasteiger partial charge in [-0.1, -0.05) is 12.1 Å². The monoisotopic (exact) mass is 250 g/mol. The number of hydrogen-bond acceptors (Lipinski definition) is 1. The highest BCUT2D eigenvalue weighted by Crippen LogP contribution is 2.40. The molecule has 0 radical (unpaired) electrons. The standard InChI is InChI=1S/C11H11BrN2/c1-7-3-2-4-9-10(7)14(8-5-6-8)11(12)13-9/h2-4,8H,5-6H2,1H3. The quantitative estimate of drug-likeness (QED) is 0.759. The van der Waals surface area contributed by atoms with E-state index < -0.39 is 0 Å². The molecule has 1 saturated carbocycles. The second-order valence-corrected chi connectivity index (χ2v) is 4.63. The first-order valence-corrected chi connectivity index (χ1v) is 5.70. The number of imidazole rings is 1. The number of benzene rings is 1. The van der Waals surface area contributed by atoms with Gasteiger partial charge in [-0.05, 0) is 47.3 Å². The van der Waals surface area contributed by atoms with Crippen LogP contribution in [0.25, 0.3) is 11.0 Å². The summed E-state index contributed by atoms with van der Waals surface area (Å²) in [4.78, 5) is 4.51. The van der Waals surface area contributed by atoms with E-state index in [1.807, 2.05) is 0 Å². The molecule has 1 aromatic carbocycles. The minimum absolute atomic E-state index is 0.676. The van der Waals surface area contributed by atoms with Gasteiger partial charge in [0.2, 0.25) is 0 Å². The Morgan fingerprint density at radius 2 is 2.21 bits per heavy atom. The summed E-state index contributed by atoms with van der Waals surface area (Å²) in [6.07, 6.45) is 2.58. The van der Waals surface area contributed by atoms with Crippen LogP contribution in [-0.2, 0) is 0 Å². The molecule has 3 rings (SSSR count). The lowest BCUT2D eigenvalue weighted by Gasteiger charge is -2.04. The van der Waals surface area contributed by atoms with Gasteiger partial charge >= 0.3 is 0 Å². The van der Waals surface area contributed by atoms with Crippen molar-refractivity contribution in [1.29, 1.82) is 0 Å². The summed E-state index contributed by atoms with van der Waals surface area (Å²) in [5.74, 6) is 0. The molecule has 14 heavy (non-hydrogen) atoms. The zero-order valence-corrected chi connectivity index (χ0v) is 9.58. The zero-order valence-electron chi connectivity index (χ0n) is 8.00. The highest BCUT2D eigenvalue weighted by Gasteiger charge is 2.27. The van der Waals surface area contributed by atoms with Crippen molar-refractivity contribution < 1.29 is 0 Å². The third-order valence-corrected chi connectivity index (χ3v) is 3.34. The molecule has 2 nitrogen and oxygen atoms in total. The number of aryl methyl sites for hydroxylation is 1. The molecule has 0 bridgehead atoms. The summed E-state index contributed by atoms with van der Waals surface area (Å²) in [5, 5.41) is 0. The number of para-hydroxylation sites is 1. The number of aromatic nitrogens is 2. The van der Waals surface area contributed by atoms with Crippen LogP contribution in [0.2, 0.25) is 0 Å². The summed E-state index contributed by atoms with van der Waals surface area (Å²) in [5.41, 5.74) is 3.71. The predicted octanol–water partition coefficient (Wildman–Crippen LogP) is 3.44. The summed E-state index contributed by atoms with van der Waals surface area (Å²) in [6, 6.07) is 6.96. The van der Waals surface area contributed by atoms with Gasteiger partial charge in [0.25, 0.3) is 0 Å². The van der Waals surface area contributed by atoms with E-state index in [1.54, 1.807) is 0 Å². The maximum Gasteiger partial charge on any atom is 0.178 e. The summed E-state index contributed by atoms with van der Waals surface area (Å²) >= 11 is 3.54. The van der Waals surface area contributed by atoms with Gasteiger partial charge in [-0.3, -0.25) is 0 Å². The second kappa shape index (κ2) is 2.83. The molecule has 1 aromatic heterocycles. The third-order valence-electron chi connectivity index (χ3n) is 2.78. The summed E-state index contributed by atoms with van der Waals surface area (Å²) in [7, 11) is 0. The summed E-state index contributed by atoms with van der Waals surface area (Å²) < 4.78 is 3.30. The lowest BCUT2D eigenvalue weighted by Crippen LogP contribution is -1.94. The first-order valence-electron chi connectivity index (χ1n) is 4.90. The first kappa shape index (κ1) is 8.48. The Morgan fingerprint density at radius 1 is 1.43 bits per heavy atom. The van der Waals surface area contributed by atoms with E-state index in [-0.39, 0.29) is 0 Å². The van der Waals surface area contributed by atoms with Gasteiger partial charge in [0.15, 0.2) is 4.73 Å². The average molecular weight is 251 g/mol. The normalized spacial score (nSPS) is 16.4. The van der Waals surface area contributed by atoms with Crippen LogP contribution in [0, 0.1) is 6.92 Å². The van der Waals surface area contributed by atoms with E-state index in [2.05, 4.69) is 50.6 Å². The van der Waals surface area contributed by atoms with Gasteiger partial charge in [-0.2, -0.15) is 0 Å². The lowest BCUT2D eigenvalue weighted by atomic mass is 10.2. The van der Waals surface area contributed by atoms with Crippen LogP contribution in [0.15, 0.2) is 22.9 Å². The maximum atomic E-state index is 4.51. The van der Waals surface area contributed by atoms with E-state index in [0.717, 1.165) is 10.3 Å². The van der Waals surface area contributed by atoms with Crippen molar-refractivity contribution in [1.82, 2.24) is 9.55 Å². The molecule has 0 saturated heterocycles. The van der Waals surface area contributed by atoms with Gasteiger partial charge in [0, 0.05) is 6.04 Å². The van der Waals surface area contributed by atoms with Crippen LogP contribution in [0.4, 0.5) is 0 Å². The molecule has 0 aliphatic heterocycles. The molecule has 72 valence electrons. The van der Waals surface area contributed by atoms with Crippen LogP contribution in [0.1, 0.15) is 24.4 Å². The topological polar surface area (TPSA) is 17.8 Å². The highest BCUT2D eigenvalue weighted by atomic mass is 79.9. The number of rotatable bonds is 1. The molecule has 1 heterocycles. The predicted molar refractivity (Wildman–Crippen MR) is 60.4 cm³/mol. The van der Waals surface area contributed by atoms with E-state index in [9.17, 15) is 0 Å². The van der Waals surface area contributed by atoms with Crippen molar-refractivity contribution in [2.45, 2.75) is 25.8 Å². The van der Waals surface area contributed by atoms with Crippen molar-refractivity contribution in [3.05, 3.63) is 28.5 Å². The van der Waals surface area contributed by atoms with Crippen LogP contribution >= 0.6 is 15.9 Å². The van der Waals surface area contributed by atoms with Crippen LogP contribution < -0.4 is 0 Å². The van der Waals surface area contributed by atoms with Gasteiger partial charge in [0.05, 0.1) is 11.0 Å². The Morgan fingerprint density at radius 3 is 2.93 bits per heavy atom. The zero-order chi connectivity index (χ0) is 9.71. The largest absolute Gasteiger partial charge is 0.315 e. The van der Waals surface area contributed by atoms with Crippen LogP contribution in [0.5, 0.6) is 0 Å². The highest BCUT2D eigenvalue weighted by molar-refractivity contribution is 9.10. The molecule has 1 aliphatic carbocycles. The summed E-state index contributed by atoms with van der Waals surface area (Å²) in [6.45, 7) is 2.15. The minimum atomic E-state index is 0.676. The Hall–Kier alpha value is -0.830. The molecule has 0 atom stereocenters. The van der Waals surface area contributed by atoms with Gasteiger partial charge in [-0.15, -0.1) is 0 Å². The van der Waals surface area contributed by atoms with Crippen molar-refractivity contribution in [3.63, 3.8) is 0 Å². The van der Waals surface area contributed by atoms with Crippen LogP contribution in [0.3, 0.4) is 0 Å². The average Bonchev–Trinajstić information content (AvgIpc) is 2.90.